The number of aryl methyl sites for hydroxylation is 1. The van der Waals surface area contributed by atoms with E-state index in [-0.39, 0.29) is 35.9 Å². The number of hydrogen-bond donors (Lipinski definition) is 1. The molecule has 1 aromatic carbocycles. The summed E-state index contributed by atoms with van der Waals surface area (Å²) >= 11 is 0. The molecule has 1 fully saturated rings. The van der Waals surface area contributed by atoms with E-state index in [2.05, 4.69) is 5.32 Å². The minimum atomic E-state index is -3.34. The minimum absolute atomic E-state index is 0. The van der Waals surface area contributed by atoms with Crippen LogP contribution >= 0.6 is 12.4 Å². The van der Waals surface area contributed by atoms with Gasteiger partial charge in [-0.05, 0) is 25.3 Å². The highest BCUT2D eigenvalue weighted by Crippen LogP contribution is 2.08. The summed E-state index contributed by atoms with van der Waals surface area (Å²) in [6, 6.07) is 9.85. The second-order valence-electron chi connectivity index (χ2n) is 5.82. The van der Waals surface area contributed by atoms with Gasteiger partial charge in [0.15, 0.2) is 9.84 Å². The van der Waals surface area contributed by atoms with Crippen molar-refractivity contribution < 1.29 is 13.2 Å². The third-order valence-electron chi connectivity index (χ3n) is 3.93. The lowest BCUT2D eigenvalue weighted by molar-refractivity contribution is -0.131. The molecule has 0 aliphatic carbocycles. The van der Waals surface area contributed by atoms with Gasteiger partial charge in [0.25, 0.3) is 0 Å². The fourth-order valence-corrected chi connectivity index (χ4v) is 3.97. The number of piperazine rings is 1. The van der Waals surface area contributed by atoms with Gasteiger partial charge in [0, 0.05) is 25.7 Å². The molecule has 0 aromatic heterocycles. The fraction of sp³-hybridized carbons (Fsp3) is 0.562. The summed E-state index contributed by atoms with van der Waals surface area (Å²) in [6.07, 6.45) is 1.27. The largest absolute Gasteiger partial charge is 0.337 e. The highest BCUT2D eigenvalue weighted by Gasteiger charge is 2.26. The molecule has 0 saturated carbocycles. The van der Waals surface area contributed by atoms with E-state index in [1.807, 2.05) is 37.3 Å². The van der Waals surface area contributed by atoms with Crippen molar-refractivity contribution in [3.8, 4) is 0 Å². The maximum atomic E-state index is 12.2. The lowest BCUT2D eigenvalue weighted by Gasteiger charge is -2.33. The van der Waals surface area contributed by atoms with Crippen LogP contribution < -0.4 is 5.32 Å². The van der Waals surface area contributed by atoms with Crippen molar-refractivity contribution >= 4 is 28.2 Å². The van der Waals surface area contributed by atoms with Crippen LogP contribution in [0.2, 0.25) is 0 Å². The molecule has 1 aromatic rings. The van der Waals surface area contributed by atoms with Crippen LogP contribution in [0.15, 0.2) is 30.3 Å². The van der Waals surface area contributed by atoms with E-state index >= 15 is 0 Å². The van der Waals surface area contributed by atoms with Gasteiger partial charge in [0.05, 0.1) is 5.75 Å². The van der Waals surface area contributed by atoms with Crippen molar-refractivity contribution in [2.45, 2.75) is 25.8 Å². The summed E-state index contributed by atoms with van der Waals surface area (Å²) in [5.74, 6) is -0.575. The Morgan fingerprint density at radius 1 is 1.30 bits per heavy atom. The fourth-order valence-electron chi connectivity index (χ4n) is 2.70. The number of sulfone groups is 1. The average Bonchev–Trinajstić information content (AvgIpc) is 2.48. The first-order valence-electron chi connectivity index (χ1n) is 7.72. The number of carbonyl (C=O) groups excluding carboxylic acids is 1. The Morgan fingerprint density at radius 2 is 2.00 bits per heavy atom. The SMILES string of the molecule is CC1CNCCN1C(=O)CS(=O)(=O)CCCc1ccccc1.Cl. The number of benzene rings is 1. The lowest BCUT2D eigenvalue weighted by Crippen LogP contribution is -2.53. The summed E-state index contributed by atoms with van der Waals surface area (Å²) in [5.41, 5.74) is 1.12. The third-order valence-corrected chi connectivity index (χ3v) is 5.53. The van der Waals surface area contributed by atoms with Gasteiger partial charge in [-0.2, -0.15) is 0 Å². The summed E-state index contributed by atoms with van der Waals surface area (Å²) in [5, 5.41) is 3.19. The zero-order valence-corrected chi connectivity index (χ0v) is 15.0. The van der Waals surface area contributed by atoms with Gasteiger partial charge >= 0.3 is 0 Å². The summed E-state index contributed by atoms with van der Waals surface area (Å²) in [4.78, 5) is 13.8. The van der Waals surface area contributed by atoms with E-state index in [9.17, 15) is 13.2 Å². The Balaban J connectivity index is 0.00000264. The van der Waals surface area contributed by atoms with Crippen LogP contribution in [0.4, 0.5) is 0 Å². The minimum Gasteiger partial charge on any atom is -0.337 e. The number of rotatable bonds is 6. The molecule has 1 aliphatic rings. The van der Waals surface area contributed by atoms with Gasteiger partial charge in [-0.1, -0.05) is 30.3 Å². The maximum Gasteiger partial charge on any atom is 0.238 e. The third kappa shape index (κ3) is 6.49. The molecule has 0 spiro atoms. The predicted octanol–water partition coefficient (Wildman–Crippen LogP) is 1.28. The number of hydrogen-bond acceptors (Lipinski definition) is 4. The number of halogens is 1. The first kappa shape index (κ1) is 19.9. The van der Waals surface area contributed by atoms with E-state index in [0.29, 0.717) is 13.0 Å². The molecule has 23 heavy (non-hydrogen) atoms. The molecule has 1 amide bonds. The van der Waals surface area contributed by atoms with Crippen molar-refractivity contribution in [3.05, 3.63) is 35.9 Å². The van der Waals surface area contributed by atoms with Gasteiger partial charge < -0.3 is 10.2 Å². The Morgan fingerprint density at radius 3 is 2.65 bits per heavy atom. The number of nitrogens with zero attached hydrogens (tertiary/aromatic N) is 1. The van der Waals surface area contributed by atoms with Crippen LogP contribution in [0.25, 0.3) is 0 Å². The summed E-state index contributed by atoms with van der Waals surface area (Å²) in [7, 11) is -3.34. The molecule has 1 aliphatic heterocycles. The standard InChI is InChI=1S/C16H24N2O3S.ClH/c1-14-12-17-9-10-18(14)16(19)13-22(20,21)11-5-8-15-6-3-2-4-7-15;/h2-4,6-7,14,17H,5,8-13H2,1H3;1H. The van der Waals surface area contributed by atoms with Crippen molar-refractivity contribution in [1.29, 1.82) is 0 Å². The smallest absolute Gasteiger partial charge is 0.238 e. The van der Waals surface area contributed by atoms with E-state index in [0.717, 1.165) is 25.1 Å². The van der Waals surface area contributed by atoms with Crippen molar-refractivity contribution in [1.82, 2.24) is 10.2 Å². The van der Waals surface area contributed by atoms with Gasteiger partial charge in [-0.25, -0.2) is 8.42 Å². The molecule has 0 bridgehead atoms. The maximum absolute atomic E-state index is 12.2. The lowest BCUT2D eigenvalue weighted by atomic mass is 10.1. The number of carbonyl (C=O) groups is 1. The summed E-state index contributed by atoms with van der Waals surface area (Å²) < 4.78 is 24.2. The zero-order valence-electron chi connectivity index (χ0n) is 13.4. The van der Waals surface area contributed by atoms with Crippen LogP contribution in [0, 0.1) is 0 Å². The molecule has 1 unspecified atom stereocenters. The van der Waals surface area contributed by atoms with E-state index < -0.39 is 9.84 Å². The molecule has 1 heterocycles. The first-order valence-corrected chi connectivity index (χ1v) is 9.54. The van der Waals surface area contributed by atoms with E-state index in [1.54, 1.807) is 4.90 Å². The topological polar surface area (TPSA) is 66.5 Å². The molecule has 130 valence electrons. The summed E-state index contributed by atoms with van der Waals surface area (Å²) in [6.45, 7) is 3.97. The molecule has 7 heteroatoms. The van der Waals surface area contributed by atoms with Crippen molar-refractivity contribution in [2.75, 3.05) is 31.1 Å². The number of nitrogens with one attached hydrogen (secondary N) is 1. The molecule has 1 N–H and O–H groups in total. The van der Waals surface area contributed by atoms with Crippen LogP contribution in [0.1, 0.15) is 18.9 Å². The molecule has 0 radical (unpaired) electrons. The van der Waals surface area contributed by atoms with E-state index in [1.165, 1.54) is 0 Å². The molecular formula is C16H25ClN2O3S. The average molecular weight is 361 g/mol. The highest BCUT2D eigenvalue weighted by molar-refractivity contribution is 7.92. The van der Waals surface area contributed by atoms with Gasteiger partial charge in [-0.3, -0.25) is 4.79 Å². The van der Waals surface area contributed by atoms with Crippen LogP contribution in [0.5, 0.6) is 0 Å². The van der Waals surface area contributed by atoms with Crippen LogP contribution in [-0.2, 0) is 21.1 Å². The van der Waals surface area contributed by atoms with Crippen LogP contribution in [0.3, 0.4) is 0 Å². The molecular weight excluding hydrogens is 336 g/mol. The zero-order chi connectivity index (χ0) is 16.0. The van der Waals surface area contributed by atoms with Gasteiger partial charge in [0.1, 0.15) is 5.75 Å². The van der Waals surface area contributed by atoms with E-state index in [4.69, 9.17) is 0 Å². The molecule has 1 atom stereocenters. The van der Waals surface area contributed by atoms with Crippen molar-refractivity contribution in [3.63, 3.8) is 0 Å². The Kier molecular flexibility index (Phi) is 8.02. The predicted molar refractivity (Wildman–Crippen MR) is 94.7 cm³/mol. The molecule has 2 rings (SSSR count). The Bertz CT molecular complexity index is 593. The normalized spacial score (nSPS) is 18.3. The molecule has 5 nitrogen and oxygen atoms in total. The van der Waals surface area contributed by atoms with Gasteiger partial charge in [-0.15, -0.1) is 12.4 Å². The quantitative estimate of drug-likeness (QED) is 0.829. The monoisotopic (exact) mass is 360 g/mol. The molecule has 1 saturated heterocycles. The number of amides is 1. The van der Waals surface area contributed by atoms with Crippen LogP contribution in [-0.4, -0.2) is 56.4 Å². The first-order chi connectivity index (χ1) is 10.5. The second kappa shape index (κ2) is 9.25. The van der Waals surface area contributed by atoms with Gasteiger partial charge in [0.2, 0.25) is 5.91 Å². The van der Waals surface area contributed by atoms with Crippen molar-refractivity contribution in [2.24, 2.45) is 0 Å². The Labute approximate surface area is 144 Å². The highest BCUT2D eigenvalue weighted by atomic mass is 35.5. The second-order valence-corrected chi connectivity index (χ2v) is 8.01. The Hall–Kier alpha value is -1.11.